The fraction of sp³-hybridized carbons (Fsp3) is 0.417. The molecule has 0 aliphatic rings. The van der Waals surface area contributed by atoms with E-state index < -0.39 is 11.9 Å². The zero-order valence-electron chi connectivity index (χ0n) is 10.4. The Morgan fingerprint density at radius 2 is 2.17 bits per heavy atom. The Morgan fingerprint density at radius 3 is 2.78 bits per heavy atom. The zero-order chi connectivity index (χ0) is 13.5. The molecule has 0 bridgehead atoms. The predicted molar refractivity (Wildman–Crippen MR) is 67.4 cm³/mol. The summed E-state index contributed by atoms with van der Waals surface area (Å²) >= 11 is 0. The average molecular weight is 251 g/mol. The van der Waals surface area contributed by atoms with Crippen molar-refractivity contribution in [2.45, 2.75) is 20.3 Å². The van der Waals surface area contributed by atoms with Crippen LogP contribution in [0.3, 0.4) is 0 Å². The van der Waals surface area contributed by atoms with E-state index in [1.165, 1.54) is 0 Å². The van der Waals surface area contributed by atoms with Crippen molar-refractivity contribution in [1.82, 2.24) is 10.3 Å². The number of pyridine rings is 1. The van der Waals surface area contributed by atoms with Crippen molar-refractivity contribution >= 4 is 17.7 Å². The number of aliphatic carboxylic acids is 1. The number of anilines is 1. The number of amides is 2. The number of aromatic nitrogens is 1. The fourth-order valence-corrected chi connectivity index (χ4v) is 1.32. The number of hydrogen-bond donors (Lipinski definition) is 3. The Morgan fingerprint density at radius 1 is 1.44 bits per heavy atom. The van der Waals surface area contributed by atoms with Gasteiger partial charge in [-0.05, 0) is 25.0 Å². The molecule has 1 unspecified atom stereocenters. The van der Waals surface area contributed by atoms with Crippen molar-refractivity contribution in [3.05, 3.63) is 24.0 Å². The second kappa shape index (κ2) is 6.58. The Kier molecular flexibility index (Phi) is 5.10. The van der Waals surface area contributed by atoms with Crippen molar-refractivity contribution in [3.8, 4) is 0 Å². The molecule has 1 rings (SSSR count). The van der Waals surface area contributed by atoms with E-state index >= 15 is 0 Å². The van der Waals surface area contributed by atoms with Gasteiger partial charge in [-0.1, -0.05) is 6.92 Å². The average Bonchev–Trinajstić information content (AvgIpc) is 2.28. The van der Waals surface area contributed by atoms with E-state index in [4.69, 9.17) is 5.11 Å². The third-order valence-corrected chi connectivity index (χ3v) is 2.42. The van der Waals surface area contributed by atoms with E-state index in [1.54, 1.807) is 25.4 Å². The summed E-state index contributed by atoms with van der Waals surface area (Å²) in [5.74, 6) is -1.33. The van der Waals surface area contributed by atoms with Gasteiger partial charge in [0.15, 0.2) is 0 Å². The summed E-state index contributed by atoms with van der Waals surface area (Å²) in [6.07, 6.45) is 3.64. The van der Waals surface area contributed by atoms with Gasteiger partial charge < -0.3 is 15.7 Å². The first-order valence-corrected chi connectivity index (χ1v) is 5.68. The zero-order valence-corrected chi connectivity index (χ0v) is 10.4. The van der Waals surface area contributed by atoms with Gasteiger partial charge in [0.2, 0.25) is 0 Å². The van der Waals surface area contributed by atoms with Crippen LogP contribution in [0.5, 0.6) is 0 Å². The number of urea groups is 1. The quantitative estimate of drug-likeness (QED) is 0.741. The lowest BCUT2D eigenvalue weighted by molar-refractivity contribution is -0.141. The Labute approximate surface area is 105 Å². The second-order valence-electron chi connectivity index (χ2n) is 4.16. The summed E-state index contributed by atoms with van der Waals surface area (Å²) in [6.45, 7) is 3.80. The highest BCUT2D eigenvalue weighted by molar-refractivity contribution is 5.89. The van der Waals surface area contributed by atoms with Crippen LogP contribution in [0.4, 0.5) is 10.5 Å². The minimum atomic E-state index is -0.861. The highest BCUT2D eigenvalue weighted by atomic mass is 16.4. The fourth-order valence-electron chi connectivity index (χ4n) is 1.32. The molecule has 18 heavy (non-hydrogen) atoms. The lowest BCUT2D eigenvalue weighted by Crippen LogP contribution is -2.31. The van der Waals surface area contributed by atoms with Gasteiger partial charge in [0.1, 0.15) is 0 Å². The number of carboxylic acid groups (broad SMARTS) is 1. The van der Waals surface area contributed by atoms with Gasteiger partial charge >= 0.3 is 12.0 Å². The summed E-state index contributed by atoms with van der Waals surface area (Å²) in [4.78, 5) is 26.0. The van der Waals surface area contributed by atoms with E-state index in [9.17, 15) is 9.59 Å². The Bertz CT molecular complexity index is 434. The van der Waals surface area contributed by atoms with Gasteiger partial charge in [-0.25, -0.2) is 4.79 Å². The van der Waals surface area contributed by atoms with E-state index in [0.29, 0.717) is 18.7 Å². The van der Waals surface area contributed by atoms with Crippen LogP contribution in [0.2, 0.25) is 0 Å². The molecule has 1 atom stereocenters. The number of rotatable bonds is 5. The standard InChI is InChI=1S/C12H17N3O3/c1-8-5-10(7-13-6-8)15-12(18)14-4-3-9(2)11(16)17/h5-7,9H,3-4H2,1-2H3,(H,16,17)(H2,14,15,18). The molecule has 0 aliphatic heterocycles. The molecule has 98 valence electrons. The number of hydrogen-bond acceptors (Lipinski definition) is 3. The summed E-state index contributed by atoms with van der Waals surface area (Å²) < 4.78 is 0. The minimum Gasteiger partial charge on any atom is -0.481 e. The third kappa shape index (κ3) is 4.82. The normalized spacial score (nSPS) is 11.7. The van der Waals surface area contributed by atoms with Crippen molar-refractivity contribution < 1.29 is 14.7 Å². The largest absolute Gasteiger partial charge is 0.481 e. The van der Waals surface area contributed by atoms with Crippen molar-refractivity contribution in [3.63, 3.8) is 0 Å². The van der Waals surface area contributed by atoms with E-state index in [1.807, 2.05) is 6.92 Å². The van der Waals surface area contributed by atoms with Crippen LogP contribution in [-0.2, 0) is 4.79 Å². The van der Waals surface area contributed by atoms with Crippen molar-refractivity contribution in [2.24, 2.45) is 5.92 Å². The van der Waals surface area contributed by atoms with Crippen LogP contribution in [0, 0.1) is 12.8 Å². The smallest absolute Gasteiger partial charge is 0.319 e. The summed E-state index contributed by atoms with van der Waals surface area (Å²) in [5, 5.41) is 13.9. The molecular formula is C12H17N3O3. The van der Waals surface area contributed by atoms with Crippen LogP contribution < -0.4 is 10.6 Å². The number of carbonyl (C=O) groups is 2. The molecule has 0 spiro atoms. The third-order valence-electron chi connectivity index (χ3n) is 2.42. The molecule has 0 saturated heterocycles. The van der Waals surface area contributed by atoms with Gasteiger partial charge in [0.25, 0.3) is 0 Å². The molecule has 1 heterocycles. The van der Waals surface area contributed by atoms with Gasteiger partial charge in [-0.15, -0.1) is 0 Å². The maximum atomic E-state index is 11.5. The van der Waals surface area contributed by atoms with E-state index in [-0.39, 0.29) is 6.03 Å². The second-order valence-corrected chi connectivity index (χ2v) is 4.16. The van der Waals surface area contributed by atoms with Gasteiger partial charge in [0.05, 0.1) is 17.8 Å². The van der Waals surface area contributed by atoms with Gasteiger partial charge in [-0.2, -0.15) is 0 Å². The number of nitrogens with zero attached hydrogens (tertiary/aromatic N) is 1. The first kappa shape index (κ1) is 14.0. The maximum absolute atomic E-state index is 11.5. The molecule has 6 heteroatoms. The van der Waals surface area contributed by atoms with Crippen LogP contribution in [-0.4, -0.2) is 28.6 Å². The monoisotopic (exact) mass is 251 g/mol. The molecule has 0 radical (unpaired) electrons. The van der Waals surface area contributed by atoms with Crippen LogP contribution in [0.1, 0.15) is 18.9 Å². The predicted octanol–water partition coefficient (Wildman–Crippen LogP) is 1.62. The summed E-state index contributed by atoms with van der Waals surface area (Å²) in [5.41, 5.74) is 1.56. The maximum Gasteiger partial charge on any atom is 0.319 e. The number of nitrogens with one attached hydrogen (secondary N) is 2. The van der Waals surface area contributed by atoms with E-state index in [2.05, 4.69) is 15.6 Å². The Balaban J connectivity index is 2.32. The molecular weight excluding hydrogens is 234 g/mol. The topological polar surface area (TPSA) is 91.3 Å². The molecule has 0 aromatic carbocycles. The van der Waals surface area contributed by atoms with E-state index in [0.717, 1.165) is 5.56 Å². The molecule has 0 saturated carbocycles. The highest BCUT2D eigenvalue weighted by Gasteiger charge is 2.10. The summed E-state index contributed by atoms with van der Waals surface area (Å²) in [6, 6.07) is 1.44. The van der Waals surface area contributed by atoms with Crippen molar-refractivity contribution in [2.75, 3.05) is 11.9 Å². The van der Waals surface area contributed by atoms with Crippen molar-refractivity contribution in [1.29, 1.82) is 0 Å². The van der Waals surface area contributed by atoms with Crippen LogP contribution in [0.15, 0.2) is 18.5 Å². The van der Waals surface area contributed by atoms with Crippen LogP contribution >= 0.6 is 0 Å². The molecule has 2 amide bonds. The SMILES string of the molecule is Cc1cncc(NC(=O)NCCC(C)C(=O)O)c1. The molecule has 0 aliphatic carbocycles. The molecule has 0 fully saturated rings. The molecule has 1 aromatic rings. The number of carbonyl (C=O) groups excluding carboxylic acids is 1. The first-order chi connectivity index (χ1) is 8.49. The molecule has 3 N–H and O–H groups in total. The minimum absolute atomic E-state index is 0.318. The molecule has 1 aromatic heterocycles. The number of aryl methyl sites for hydroxylation is 1. The lowest BCUT2D eigenvalue weighted by Gasteiger charge is -2.09. The summed E-state index contributed by atoms with van der Waals surface area (Å²) in [7, 11) is 0. The van der Waals surface area contributed by atoms with Gasteiger partial charge in [0, 0.05) is 12.7 Å². The van der Waals surface area contributed by atoms with Crippen LogP contribution in [0.25, 0.3) is 0 Å². The lowest BCUT2D eigenvalue weighted by atomic mass is 10.1. The highest BCUT2D eigenvalue weighted by Crippen LogP contribution is 2.06. The first-order valence-electron chi connectivity index (χ1n) is 5.68. The number of carboxylic acids is 1. The Hall–Kier alpha value is -2.11. The molecule has 6 nitrogen and oxygen atoms in total. The van der Waals surface area contributed by atoms with Gasteiger partial charge in [-0.3, -0.25) is 9.78 Å².